The largest absolute Gasteiger partial charge is 0.375 e. The van der Waals surface area contributed by atoms with Crippen LogP contribution in [0.15, 0.2) is 0 Å². The van der Waals surface area contributed by atoms with Crippen LogP contribution >= 0.6 is 0 Å². The molecule has 6 atom stereocenters. The van der Waals surface area contributed by atoms with Crippen LogP contribution in [0.3, 0.4) is 0 Å². The molecule has 10 heteroatoms. The van der Waals surface area contributed by atoms with E-state index in [0.717, 1.165) is 0 Å². The number of carbonyl (C=O) groups is 4. The molecule has 2 unspecified atom stereocenters. The lowest BCUT2D eigenvalue weighted by Gasteiger charge is -2.34. The number of likely N-dealkylation sites (N-methyl/N-ethyl adjacent to an activating group) is 1. The van der Waals surface area contributed by atoms with Crippen molar-refractivity contribution in [3.8, 4) is 6.07 Å². The van der Waals surface area contributed by atoms with Gasteiger partial charge in [-0.1, -0.05) is 13.8 Å². The van der Waals surface area contributed by atoms with Gasteiger partial charge in [-0.2, -0.15) is 5.26 Å². The molecule has 3 fully saturated rings. The van der Waals surface area contributed by atoms with E-state index < -0.39 is 18.1 Å². The molecule has 2 heterocycles. The van der Waals surface area contributed by atoms with Crippen LogP contribution < -0.4 is 10.6 Å². The Morgan fingerprint density at radius 3 is 2.66 bits per heavy atom. The van der Waals surface area contributed by atoms with Crippen molar-refractivity contribution < 1.29 is 23.9 Å². The molecule has 4 amide bonds. The number of likely N-dealkylation sites (tertiary alicyclic amines) is 1. The number of piperidine rings is 1. The molecule has 1 aliphatic carbocycles. The molecule has 3 aliphatic rings. The SMILES string of the molecule is COCC(=O)N(C)C(C)C(=O)N1C[C@H]2[C@@H]([C@H]1C(=O)NC(C#N)C[C@@H]1CCNC1=O)C2(C)C. The van der Waals surface area contributed by atoms with Gasteiger partial charge in [0.15, 0.2) is 0 Å². The van der Waals surface area contributed by atoms with Gasteiger partial charge in [0.05, 0.1) is 6.07 Å². The fourth-order valence-corrected chi connectivity index (χ4v) is 5.22. The van der Waals surface area contributed by atoms with Gasteiger partial charge in [-0.3, -0.25) is 19.2 Å². The summed E-state index contributed by atoms with van der Waals surface area (Å²) in [5.74, 6) is -1.21. The lowest BCUT2D eigenvalue weighted by Crippen LogP contribution is -2.56. The molecule has 0 aromatic carbocycles. The van der Waals surface area contributed by atoms with Gasteiger partial charge in [0.25, 0.3) is 0 Å². The number of ether oxygens (including phenoxy) is 1. The topological polar surface area (TPSA) is 132 Å². The Labute approximate surface area is 188 Å². The molecule has 2 saturated heterocycles. The van der Waals surface area contributed by atoms with Crippen molar-refractivity contribution in [3.05, 3.63) is 0 Å². The van der Waals surface area contributed by atoms with Gasteiger partial charge in [0.1, 0.15) is 24.7 Å². The molecule has 2 N–H and O–H groups in total. The summed E-state index contributed by atoms with van der Waals surface area (Å²) in [7, 11) is 2.95. The van der Waals surface area contributed by atoms with E-state index in [4.69, 9.17) is 4.74 Å². The predicted octanol–water partition coefficient (Wildman–Crippen LogP) is -0.503. The smallest absolute Gasteiger partial charge is 0.248 e. The Morgan fingerprint density at radius 1 is 1.41 bits per heavy atom. The number of hydrogen-bond acceptors (Lipinski definition) is 6. The molecular weight excluding hydrogens is 414 g/mol. The van der Waals surface area contributed by atoms with Crippen LogP contribution in [-0.4, -0.2) is 85.4 Å². The van der Waals surface area contributed by atoms with Gasteiger partial charge in [0.2, 0.25) is 23.6 Å². The van der Waals surface area contributed by atoms with Crippen LogP contribution in [0.1, 0.15) is 33.6 Å². The lowest BCUT2D eigenvalue weighted by atomic mass is 9.97. The maximum Gasteiger partial charge on any atom is 0.248 e. The Balaban J connectivity index is 1.72. The average Bonchev–Trinajstić information content (AvgIpc) is 3.12. The summed E-state index contributed by atoms with van der Waals surface area (Å²) in [4.78, 5) is 53.4. The monoisotopic (exact) mass is 447 g/mol. The van der Waals surface area contributed by atoms with Gasteiger partial charge < -0.3 is 25.2 Å². The zero-order valence-corrected chi connectivity index (χ0v) is 19.4. The summed E-state index contributed by atoms with van der Waals surface area (Å²) in [5, 5.41) is 15.1. The third-order valence-electron chi connectivity index (χ3n) is 7.52. The molecule has 32 heavy (non-hydrogen) atoms. The van der Waals surface area contributed by atoms with E-state index in [9.17, 15) is 24.4 Å². The second-order valence-corrected chi connectivity index (χ2v) is 9.71. The predicted molar refractivity (Wildman–Crippen MR) is 114 cm³/mol. The highest BCUT2D eigenvalue weighted by Gasteiger charge is 2.69. The van der Waals surface area contributed by atoms with Crippen LogP contribution in [0.2, 0.25) is 0 Å². The molecule has 176 valence electrons. The molecule has 0 bridgehead atoms. The van der Waals surface area contributed by atoms with Gasteiger partial charge in [-0.15, -0.1) is 0 Å². The van der Waals surface area contributed by atoms with Crippen molar-refractivity contribution >= 4 is 23.6 Å². The zero-order chi connectivity index (χ0) is 23.8. The quantitative estimate of drug-likeness (QED) is 0.516. The first kappa shape index (κ1) is 24.0. The highest BCUT2D eigenvalue weighted by Crippen LogP contribution is 2.64. The molecule has 1 saturated carbocycles. The third kappa shape index (κ3) is 4.31. The summed E-state index contributed by atoms with van der Waals surface area (Å²) in [6.45, 7) is 6.67. The molecular formula is C22H33N5O5. The Hall–Kier alpha value is -2.67. The number of nitrogens with zero attached hydrogens (tertiary/aromatic N) is 3. The van der Waals surface area contributed by atoms with Crippen molar-refractivity contribution in [1.29, 1.82) is 5.26 Å². The standard InChI is InChI=1S/C22H33N5O5/c1-12(26(4)16(28)11-32-5)21(31)27-10-15-17(22(15,2)3)18(27)20(30)25-14(9-23)8-13-6-7-24-19(13)29/h12-15,17-18H,6-8,10-11H2,1-5H3,(H,24,29)(H,25,30)/t12?,13-,14?,15-,17-,18-/m0/s1. The number of nitriles is 1. The minimum absolute atomic E-state index is 0.00671. The van der Waals surface area contributed by atoms with Crippen molar-refractivity contribution in [2.24, 2.45) is 23.2 Å². The van der Waals surface area contributed by atoms with Gasteiger partial charge in [0, 0.05) is 33.2 Å². The summed E-state index contributed by atoms with van der Waals surface area (Å²) < 4.78 is 4.87. The van der Waals surface area contributed by atoms with Crippen LogP contribution in [0.4, 0.5) is 0 Å². The van der Waals surface area contributed by atoms with E-state index in [-0.39, 0.29) is 59.8 Å². The summed E-state index contributed by atoms with van der Waals surface area (Å²) >= 11 is 0. The first-order valence-electron chi connectivity index (χ1n) is 11.1. The van der Waals surface area contributed by atoms with E-state index in [1.165, 1.54) is 19.1 Å². The third-order valence-corrected chi connectivity index (χ3v) is 7.52. The second kappa shape index (κ2) is 9.06. The minimum Gasteiger partial charge on any atom is -0.375 e. The normalized spacial score (nSPS) is 29.4. The van der Waals surface area contributed by atoms with Crippen molar-refractivity contribution in [1.82, 2.24) is 20.4 Å². The number of carbonyl (C=O) groups excluding carboxylic acids is 4. The molecule has 0 aromatic heterocycles. The highest BCUT2D eigenvalue weighted by atomic mass is 16.5. The maximum absolute atomic E-state index is 13.3. The molecule has 3 rings (SSSR count). The summed E-state index contributed by atoms with van der Waals surface area (Å²) in [5.41, 5.74) is -0.0761. The average molecular weight is 448 g/mol. The Morgan fingerprint density at radius 2 is 2.09 bits per heavy atom. The van der Waals surface area contributed by atoms with Gasteiger partial charge >= 0.3 is 0 Å². The maximum atomic E-state index is 13.3. The van der Waals surface area contributed by atoms with E-state index >= 15 is 0 Å². The fourth-order valence-electron chi connectivity index (χ4n) is 5.22. The van der Waals surface area contributed by atoms with Crippen molar-refractivity contribution in [2.45, 2.75) is 51.7 Å². The van der Waals surface area contributed by atoms with Gasteiger partial charge in [-0.05, 0) is 37.0 Å². The number of methoxy groups -OCH3 is 1. The second-order valence-electron chi connectivity index (χ2n) is 9.71. The molecule has 0 aromatic rings. The van der Waals surface area contributed by atoms with E-state index in [2.05, 4.69) is 30.6 Å². The van der Waals surface area contributed by atoms with Crippen LogP contribution in [0.5, 0.6) is 0 Å². The summed E-state index contributed by atoms with van der Waals surface area (Å²) in [6, 6.07) is -0.175. The highest BCUT2D eigenvalue weighted by molar-refractivity contribution is 5.93. The first-order chi connectivity index (χ1) is 15.0. The Kier molecular flexibility index (Phi) is 6.79. The van der Waals surface area contributed by atoms with E-state index in [1.807, 2.05) is 0 Å². The molecule has 10 nitrogen and oxygen atoms in total. The number of fused-ring (bicyclic) bond motifs is 1. The number of hydrogen-bond donors (Lipinski definition) is 2. The number of rotatable bonds is 8. The summed E-state index contributed by atoms with van der Waals surface area (Å²) in [6.07, 6.45) is 0.884. The van der Waals surface area contributed by atoms with Crippen LogP contribution in [-0.2, 0) is 23.9 Å². The van der Waals surface area contributed by atoms with E-state index in [1.54, 1.807) is 11.8 Å². The molecule has 0 spiro atoms. The minimum atomic E-state index is -0.808. The number of nitrogens with one attached hydrogen (secondary N) is 2. The molecule has 2 aliphatic heterocycles. The lowest BCUT2D eigenvalue weighted by molar-refractivity contribution is -0.149. The number of amides is 4. The van der Waals surface area contributed by atoms with Crippen molar-refractivity contribution in [2.75, 3.05) is 33.9 Å². The molecule has 0 radical (unpaired) electrons. The van der Waals surface area contributed by atoms with Crippen molar-refractivity contribution in [3.63, 3.8) is 0 Å². The fraction of sp³-hybridized carbons (Fsp3) is 0.773. The van der Waals surface area contributed by atoms with E-state index in [0.29, 0.717) is 19.5 Å². The van der Waals surface area contributed by atoms with Gasteiger partial charge in [-0.25, -0.2) is 0 Å². The zero-order valence-electron chi connectivity index (χ0n) is 19.4. The van der Waals surface area contributed by atoms with Crippen LogP contribution in [0.25, 0.3) is 0 Å². The first-order valence-corrected chi connectivity index (χ1v) is 11.1. The van der Waals surface area contributed by atoms with Crippen LogP contribution in [0, 0.1) is 34.5 Å². The Bertz CT molecular complexity index is 837.